The fourth-order valence-corrected chi connectivity index (χ4v) is 3.05. The predicted octanol–water partition coefficient (Wildman–Crippen LogP) is 1.45. The predicted molar refractivity (Wildman–Crippen MR) is 62.3 cm³/mol. The molecular formula is C13H23NO2. The van der Waals surface area contributed by atoms with Crippen LogP contribution in [0.1, 0.15) is 44.9 Å². The molecule has 2 saturated carbocycles. The third kappa shape index (κ3) is 2.01. The third-order valence-corrected chi connectivity index (χ3v) is 4.82. The molecule has 3 rings (SSSR count). The van der Waals surface area contributed by atoms with E-state index in [1.165, 1.54) is 38.5 Å². The molecular weight excluding hydrogens is 202 g/mol. The first-order valence-corrected chi connectivity index (χ1v) is 6.74. The van der Waals surface area contributed by atoms with Gasteiger partial charge in [0.25, 0.3) is 0 Å². The fraction of sp³-hybridized carbons (Fsp3) is 1.00. The molecule has 0 aromatic carbocycles. The van der Waals surface area contributed by atoms with Crippen molar-refractivity contribution in [3.63, 3.8) is 0 Å². The maximum atomic E-state index is 9.28. The lowest BCUT2D eigenvalue weighted by Gasteiger charge is -2.47. The van der Waals surface area contributed by atoms with Crippen molar-refractivity contribution in [3.05, 3.63) is 0 Å². The van der Waals surface area contributed by atoms with Crippen molar-refractivity contribution in [1.29, 1.82) is 0 Å². The van der Waals surface area contributed by atoms with Crippen molar-refractivity contribution >= 4 is 0 Å². The van der Waals surface area contributed by atoms with E-state index in [2.05, 4.69) is 5.32 Å². The summed E-state index contributed by atoms with van der Waals surface area (Å²) in [7, 11) is 0. The van der Waals surface area contributed by atoms with Crippen LogP contribution in [0, 0.1) is 5.41 Å². The Bertz CT molecular complexity index is 259. The summed E-state index contributed by atoms with van der Waals surface area (Å²) in [5, 5.41) is 12.9. The first-order chi connectivity index (χ1) is 7.76. The molecule has 0 amide bonds. The highest BCUT2D eigenvalue weighted by molar-refractivity contribution is 4.99. The Morgan fingerprint density at radius 3 is 2.62 bits per heavy atom. The van der Waals surface area contributed by atoms with Gasteiger partial charge >= 0.3 is 0 Å². The molecule has 92 valence electrons. The van der Waals surface area contributed by atoms with Crippen LogP contribution in [0.2, 0.25) is 0 Å². The van der Waals surface area contributed by atoms with Crippen LogP contribution in [0.4, 0.5) is 0 Å². The maximum absolute atomic E-state index is 9.28. The van der Waals surface area contributed by atoms with Crippen LogP contribution in [-0.4, -0.2) is 36.5 Å². The minimum absolute atomic E-state index is 0.241. The van der Waals surface area contributed by atoms with Gasteiger partial charge in [-0.1, -0.05) is 0 Å². The molecule has 0 aromatic heterocycles. The number of ether oxygens (including phenoxy) is 1. The highest BCUT2D eigenvalue weighted by atomic mass is 16.5. The minimum Gasteiger partial charge on any atom is -0.396 e. The van der Waals surface area contributed by atoms with Crippen LogP contribution in [0.15, 0.2) is 0 Å². The minimum atomic E-state index is 0.241. The number of hydrogen-bond donors (Lipinski definition) is 2. The van der Waals surface area contributed by atoms with Gasteiger partial charge in [0, 0.05) is 31.2 Å². The Morgan fingerprint density at radius 1 is 1.25 bits per heavy atom. The zero-order valence-electron chi connectivity index (χ0n) is 10.0. The van der Waals surface area contributed by atoms with Crippen molar-refractivity contribution < 1.29 is 9.84 Å². The summed E-state index contributed by atoms with van der Waals surface area (Å²) in [6.07, 6.45) is 8.59. The molecule has 3 aliphatic rings. The van der Waals surface area contributed by atoms with Gasteiger partial charge in [-0.25, -0.2) is 0 Å². The molecule has 1 aliphatic heterocycles. The molecule has 0 bridgehead atoms. The van der Waals surface area contributed by atoms with Gasteiger partial charge in [-0.15, -0.1) is 0 Å². The van der Waals surface area contributed by atoms with E-state index >= 15 is 0 Å². The fourth-order valence-electron chi connectivity index (χ4n) is 3.05. The zero-order chi connectivity index (χ0) is 11.1. The van der Waals surface area contributed by atoms with Gasteiger partial charge in [-0.05, 0) is 44.9 Å². The molecule has 1 heterocycles. The summed E-state index contributed by atoms with van der Waals surface area (Å²) in [6, 6.07) is 0.623. The van der Waals surface area contributed by atoms with E-state index in [0.29, 0.717) is 12.6 Å². The van der Waals surface area contributed by atoms with Crippen LogP contribution in [-0.2, 0) is 4.74 Å². The highest BCUT2D eigenvalue weighted by Gasteiger charge is 2.45. The Hall–Kier alpha value is -0.120. The van der Waals surface area contributed by atoms with E-state index in [1.54, 1.807) is 0 Å². The molecule has 2 N–H and O–H groups in total. The Balaban J connectivity index is 1.48. The third-order valence-electron chi connectivity index (χ3n) is 4.82. The summed E-state index contributed by atoms with van der Waals surface area (Å²) in [5.74, 6) is 0. The van der Waals surface area contributed by atoms with Crippen LogP contribution < -0.4 is 5.32 Å². The molecule has 1 saturated heterocycles. The molecule has 1 unspecified atom stereocenters. The Kier molecular flexibility index (Phi) is 2.73. The average molecular weight is 225 g/mol. The maximum Gasteiger partial charge on any atom is 0.0697 e. The first kappa shape index (κ1) is 11.0. The number of aliphatic hydroxyl groups excluding tert-OH is 1. The quantitative estimate of drug-likeness (QED) is 0.761. The number of hydrogen-bond acceptors (Lipinski definition) is 3. The monoisotopic (exact) mass is 225 g/mol. The summed E-state index contributed by atoms with van der Waals surface area (Å²) < 4.78 is 5.92. The second kappa shape index (κ2) is 3.97. The zero-order valence-corrected chi connectivity index (χ0v) is 10.0. The number of rotatable bonds is 4. The molecule has 16 heavy (non-hydrogen) atoms. The van der Waals surface area contributed by atoms with Gasteiger partial charge in [-0.3, -0.25) is 0 Å². The van der Waals surface area contributed by atoms with Crippen molar-refractivity contribution in [2.24, 2.45) is 5.41 Å². The lowest BCUT2D eigenvalue weighted by molar-refractivity contribution is -0.135. The van der Waals surface area contributed by atoms with Crippen LogP contribution in [0.25, 0.3) is 0 Å². The van der Waals surface area contributed by atoms with Crippen LogP contribution >= 0.6 is 0 Å². The van der Waals surface area contributed by atoms with Crippen molar-refractivity contribution in [2.45, 2.75) is 56.6 Å². The normalized spacial score (nSPS) is 34.7. The van der Waals surface area contributed by atoms with Crippen molar-refractivity contribution in [1.82, 2.24) is 5.32 Å². The molecule has 3 nitrogen and oxygen atoms in total. The van der Waals surface area contributed by atoms with E-state index in [4.69, 9.17) is 4.74 Å². The second-order valence-corrected chi connectivity index (χ2v) is 6.11. The molecule has 1 spiro atoms. The molecule has 0 aromatic rings. The highest BCUT2D eigenvalue weighted by Crippen LogP contribution is 2.45. The largest absolute Gasteiger partial charge is 0.396 e. The van der Waals surface area contributed by atoms with Crippen LogP contribution in [0.5, 0.6) is 0 Å². The average Bonchev–Trinajstić information content (AvgIpc) is 3.06. The van der Waals surface area contributed by atoms with Gasteiger partial charge in [0.2, 0.25) is 0 Å². The number of aliphatic hydroxyl groups is 1. The van der Waals surface area contributed by atoms with Gasteiger partial charge in [0.15, 0.2) is 0 Å². The Morgan fingerprint density at radius 2 is 2.06 bits per heavy atom. The van der Waals surface area contributed by atoms with Gasteiger partial charge in [0.05, 0.1) is 5.60 Å². The van der Waals surface area contributed by atoms with Gasteiger partial charge in [-0.2, -0.15) is 0 Å². The van der Waals surface area contributed by atoms with E-state index in [9.17, 15) is 5.11 Å². The van der Waals surface area contributed by atoms with E-state index in [0.717, 1.165) is 19.6 Å². The van der Waals surface area contributed by atoms with E-state index in [-0.39, 0.29) is 11.0 Å². The molecule has 2 aliphatic carbocycles. The van der Waals surface area contributed by atoms with Gasteiger partial charge in [0.1, 0.15) is 0 Å². The van der Waals surface area contributed by atoms with E-state index < -0.39 is 0 Å². The van der Waals surface area contributed by atoms with Gasteiger partial charge < -0.3 is 15.2 Å². The molecule has 1 atom stereocenters. The second-order valence-electron chi connectivity index (χ2n) is 6.11. The summed E-state index contributed by atoms with van der Waals surface area (Å²) in [4.78, 5) is 0. The van der Waals surface area contributed by atoms with E-state index in [1.807, 2.05) is 0 Å². The lowest BCUT2D eigenvalue weighted by Crippen LogP contribution is -2.51. The SMILES string of the molecule is OCC1(CNC2CCOC3(CCC3)C2)CC1. The summed E-state index contributed by atoms with van der Waals surface area (Å²) in [5.41, 5.74) is 0.483. The smallest absolute Gasteiger partial charge is 0.0697 e. The summed E-state index contributed by atoms with van der Waals surface area (Å²) in [6.45, 7) is 2.28. The van der Waals surface area contributed by atoms with Crippen LogP contribution in [0.3, 0.4) is 0 Å². The number of nitrogens with one attached hydrogen (secondary N) is 1. The summed E-state index contributed by atoms with van der Waals surface area (Å²) >= 11 is 0. The van der Waals surface area contributed by atoms with Crippen molar-refractivity contribution in [3.8, 4) is 0 Å². The molecule has 0 radical (unpaired) electrons. The Labute approximate surface area is 97.6 Å². The van der Waals surface area contributed by atoms with Crippen molar-refractivity contribution in [2.75, 3.05) is 19.8 Å². The lowest BCUT2D eigenvalue weighted by atomic mass is 9.74. The molecule has 3 heteroatoms. The molecule has 3 fully saturated rings. The first-order valence-electron chi connectivity index (χ1n) is 6.74. The standard InChI is InChI=1S/C13H23NO2/c15-10-12(5-6-12)9-14-11-2-7-16-13(8-11)3-1-4-13/h11,14-15H,1-10H2. The topological polar surface area (TPSA) is 41.5 Å².